The molecule has 1 aliphatic heterocycles. The van der Waals surface area contributed by atoms with Crippen molar-refractivity contribution in [3.05, 3.63) is 34.3 Å². The number of amides is 1. The van der Waals surface area contributed by atoms with Gasteiger partial charge in [0.2, 0.25) is 5.91 Å². The minimum atomic E-state index is 0.0625. The van der Waals surface area contributed by atoms with Crippen molar-refractivity contribution in [1.82, 2.24) is 10.6 Å². The number of halogens is 1. The van der Waals surface area contributed by atoms with Crippen LogP contribution in [0.25, 0.3) is 0 Å². The van der Waals surface area contributed by atoms with E-state index >= 15 is 0 Å². The molecule has 1 aromatic rings. The summed E-state index contributed by atoms with van der Waals surface area (Å²) in [6.07, 6.45) is 2.08. The molecule has 18 heavy (non-hydrogen) atoms. The fourth-order valence-corrected chi connectivity index (χ4v) is 2.51. The minimum Gasteiger partial charge on any atom is -0.349 e. The van der Waals surface area contributed by atoms with E-state index in [-0.39, 0.29) is 17.9 Å². The van der Waals surface area contributed by atoms with Crippen LogP contribution in [-0.4, -0.2) is 19.0 Å². The molecular weight excluding hydrogens is 292 g/mol. The Hall–Kier alpha value is -0.870. The number of carbonyl (C=O) groups excluding carboxylic acids is 1. The maximum Gasteiger partial charge on any atom is 0.224 e. The van der Waals surface area contributed by atoms with Gasteiger partial charge in [0.25, 0.3) is 0 Å². The first-order chi connectivity index (χ1) is 8.66. The fourth-order valence-electron chi connectivity index (χ4n) is 2.24. The molecule has 3 nitrogen and oxygen atoms in total. The smallest absolute Gasteiger partial charge is 0.224 e. The molecule has 1 aromatic carbocycles. The van der Waals surface area contributed by atoms with Gasteiger partial charge in [-0.3, -0.25) is 4.79 Å². The lowest BCUT2D eigenvalue weighted by Gasteiger charge is -2.24. The molecule has 2 rings (SSSR count). The quantitative estimate of drug-likeness (QED) is 0.901. The van der Waals surface area contributed by atoms with Crippen LogP contribution in [0.15, 0.2) is 28.7 Å². The lowest BCUT2D eigenvalue weighted by Crippen LogP contribution is -2.41. The lowest BCUT2D eigenvalue weighted by atomic mass is 9.98. The second-order valence-electron chi connectivity index (χ2n) is 4.83. The Kier molecular flexibility index (Phi) is 4.78. The summed E-state index contributed by atoms with van der Waals surface area (Å²) < 4.78 is 1.06. The Balaban J connectivity index is 1.91. The summed E-state index contributed by atoms with van der Waals surface area (Å²) >= 11 is 3.41. The maximum absolute atomic E-state index is 12.1. The Morgan fingerprint density at radius 1 is 1.44 bits per heavy atom. The number of hydrogen-bond acceptors (Lipinski definition) is 2. The van der Waals surface area contributed by atoms with Gasteiger partial charge in [-0.1, -0.05) is 28.1 Å². The van der Waals surface area contributed by atoms with Gasteiger partial charge in [0, 0.05) is 11.0 Å². The van der Waals surface area contributed by atoms with Crippen molar-refractivity contribution >= 4 is 21.8 Å². The van der Waals surface area contributed by atoms with Crippen LogP contribution in [0.5, 0.6) is 0 Å². The first-order valence-electron chi connectivity index (χ1n) is 6.43. The van der Waals surface area contributed by atoms with Gasteiger partial charge in [-0.05, 0) is 44.0 Å². The third-order valence-corrected chi connectivity index (χ3v) is 3.93. The van der Waals surface area contributed by atoms with Crippen molar-refractivity contribution in [1.29, 1.82) is 0 Å². The Bertz CT molecular complexity index is 399. The molecule has 0 spiro atoms. The summed E-state index contributed by atoms with van der Waals surface area (Å²) in [7, 11) is 0. The molecular formula is C14H19BrN2O. The SMILES string of the molecule is C[C@@H](NC(=O)C1CCCNC1)c1ccc(Br)cc1. The molecule has 1 saturated heterocycles. The Morgan fingerprint density at radius 2 is 2.17 bits per heavy atom. The third-order valence-electron chi connectivity index (χ3n) is 3.40. The molecule has 1 unspecified atom stereocenters. The highest BCUT2D eigenvalue weighted by molar-refractivity contribution is 9.10. The van der Waals surface area contributed by atoms with Gasteiger partial charge in [0.05, 0.1) is 12.0 Å². The van der Waals surface area contributed by atoms with E-state index in [1.165, 1.54) is 0 Å². The fraction of sp³-hybridized carbons (Fsp3) is 0.500. The van der Waals surface area contributed by atoms with Crippen LogP contribution in [0.3, 0.4) is 0 Å². The highest BCUT2D eigenvalue weighted by Crippen LogP contribution is 2.18. The first kappa shape index (κ1) is 13.6. The van der Waals surface area contributed by atoms with E-state index in [2.05, 4.69) is 26.6 Å². The second kappa shape index (κ2) is 6.34. The summed E-state index contributed by atoms with van der Waals surface area (Å²) in [5.41, 5.74) is 1.13. The van der Waals surface area contributed by atoms with E-state index in [0.29, 0.717) is 0 Å². The van der Waals surface area contributed by atoms with Crippen molar-refractivity contribution in [2.75, 3.05) is 13.1 Å². The maximum atomic E-state index is 12.1. The van der Waals surface area contributed by atoms with Crippen molar-refractivity contribution in [2.24, 2.45) is 5.92 Å². The van der Waals surface area contributed by atoms with Gasteiger partial charge >= 0.3 is 0 Å². The zero-order chi connectivity index (χ0) is 13.0. The summed E-state index contributed by atoms with van der Waals surface area (Å²) in [6, 6.07) is 8.13. The van der Waals surface area contributed by atoms with E-state index in [1.807, 2.05) is 31.2 Å². The second-order valence-corrected chi connectivity index (χ2v) is 5.74. The van der Waals surface area contributed by atoms with Crippen molar-refractivity contribution < 1.29 is 4.79 Å². The highest BCUT2D eigenvalue weighted by Gasteiger charge is 2.22. The molecule has 1 heterocycles. The molecule has 0 aliphatic carbocycles. The summed E-state index contributed by atoms with van der Waals surface area (Å²) in [5.74, 6) is 0.286. The molecule has 0 bridgehead atoms. The predicted molar refractivity (Wildman–Crippen MR) is 76.3 cm³/mol. The van der Waals surface area contributed by atoms with Gasteiger partial charge in [0.15, 0.2) is 0 Å². The monoisotopic (exact) mass is 310 g/mol. The molecule has 1 fully saturated rings. The van der Waals surface area contributed by atoms with E-state index in [1.54, 1.807) is 0 Å². The lowest BCUT2D eigenvalue weighted by molar-refractivity contribution is -0.126. The average Bonchev–Trinajstić information content (AvgIpc) is 2.40. The van der Waals surface area contributed by atoms with E-state index < -0.39 is 0 Å². The number of nitrogens with one attached hydrogen (secondary N) is 2. The predicted octanol–water partition coefficient (Wildman–Crippen LogP) is 2.63. The summed E-state index contributed by atoms with van der Waals surface area (Å²) in [5, 5.41) is 6.36. The molecule has 4 heteroatoms. The zero-order valence-corrected chi connectivity index (χ0v) is 12.2. The van der Waals surface area contributed by atoms with Gasteiger partial charge in [-0.15, -0.1) is 0 Å². The molecule has 98 valence electrons. The first-order valence-corrected chi connectivity index (χ1v) is 7.22. The number of piperidine rings is 1. The largest absolute Gasteiger partial charge is 0.349 e. The Labute approximate surface area is 116 Å². The van der Waals surface area contributed by atoms with E-state index in [0.717, 1.165) is 36.0 Å². The normalized spacial score (nSPS) is 21.3. The summed E-state index contributed by atoms with van der Waals surface area (Å²) in [6.45, 7) is 3.86. The van der Waals surface area contributed by atoms with Crippen LogP contribution < -0.4 is 10.6 Å². The van der Waals surface area contributed by atoms with Crippen LogP contribution in [-0.2, 0) is 4.79 Å². The van der Waals surface area contributed by atoms with Gasteiger partial charge < -0.3 is 10.6 Å². The van der Waals surface area contributed by atoms with Gasteiger partial charge in [0.1, 0.15) is 0 Å². The van der Waals surface area contributed by atoms with Crippen molar-refractivity contribution in [3.63, 3.8) is 0 Å². The number of benzene rings is 1. The number of carbonyl (C=O) groups is 1. The van der Waals surface area contributed by atoms with E-state index in [9.17, 15) is 4.79 Å². The molecule has 2 N–H and O–H groups in total. The number of hydrogen-bond donors (Lipinski definition) is 2. The highest BCUT2D eigenvalue weighted by atomic mass is 79.9. The molecule has 2 atom stereocenters. The van der Waals surface area contributed by atoms with Crippen LogP contribution in [0, 0.1) is 5.92 Å². The molecule has 0 saturated carbocycles. The number of rotatable bonds is 3. The molecule has 1 aliphatic rings. The summed E-state index contributed by atoms with van der Waals surface area (Å²) in [4.78, 5) is 12.1. The van der Waals surface area contributed by atoms with Crippen LogP contribution in [0.4, 0.5) is 0 Å². The average molecular weight is 311 g/mol. The molecule has 0 radical (unpaired) electrons. The van der Waals surface area contributed by atoms with Gasteiger partial charge in [-0.25, -0.2) is 0 Å². The molecule has 0 aromatic heterocycles. The van der Waals surface area contributed by atoms with Crippen LogP contribution >= 0.6 is 15.9 Å². The topological polar surface area (TPSA) is 41.1 Å². The third kappa shape index (κ3) is 3.56. The van der Waals surface area contributed by atoms with Crippen LogP contribution in [0.2, 0.25) is 0 Å². The zero-order valence-electron chi connectivity index (χ0n) is 10.6. The van der Waals surface area contributed by atoms with Crippen molar-refractivity contribution in [2.45, 2.75) is 25.8 Å². The molecule has 1 amide bonds. The van der Waals surface area contributed by atoms with E-state index in [4.69, 9.17) is 0 Å². The van der Waals surface area contributed by atoms with Crippen LogP contribution in [0.1, 0.15) is 31.4 Å². The van der Waals surface area contributed by atoms with Gasteiger partial charge in [-0.2, -0.15) is 0 Å². The Morgan fingerprint density at radius 3 is 2.78 bits per heavy atom. The standard InChI is InChI=1S/C14H19BrN2O/c1-10(11-4-6-13(15)7-5-11)17-14(18)12-3-2-8-16-9-12/h4-7,10,12,16H,2-3,8-9H2,1H3,(H,17,18)/t10-,12?/m1/s1. The minimum absolute atomic E-state index is 0.0625. The van der Waals surface area contributed by atoms with Crippen molar-refractivity contribution in [3.8, 4) is 0 Å².